The van der Waals surface area contributed by atoms with Crippen LogP contribution in [0.25, 0.3) is 11.3 Å². The van der Waals surface area contributed by atoms with E-state index in [1.54, 1.807) is 11.3 Å². The largest absolute Gasteiger partial charge is 0.358 e. The number of carbonyl (C=O) groups excluding carboxylic acids is 1. The number of rotatable bonds is 4. The summed E-state index contributed by atoms with van der Waals surface area (Å²) >= 11 is 1.58. The van der Waals surface area contributed by atoms with Crippen LogP contribution < -0.4 is 10.6 Å². The van der Waals surface area contributed by atoms with Crippen LogP contribution >= 0.6 is 11.3 Å². The van der Waals surface area contributed by atoms with Gasteiger partial charge < -0.3 is 10.6 Å². The third kappa shape index (κ3) is 2.58. The molecule has 1 aliphatic heterocycles. The maximum Gasteiger partial charge on any atom is 0.224 e. The number of carbonyl (C=O) groups is 1. The fourth-order valence-electron chi connectivity index (χ4n) is 2.19. The van der Waals surface area contributed by atoms with Gasteiger partial charge in [0, 0.05) is 29.6 Å². The average Bonchev–Trinajstić information content (AvgIpc) is 2.93. The highest BCUT2D eigenvalue weighted by Gasteiger charge is 2.15. The molecule has 0 saturated carbocycles. The van der Waals surface area contributed by atoms with Crippen LogP contribution in [-0.4, -0.2) is 17.4 Å². The molecule has 4 nitrogen and oxygen atoms in total. The zero-order valence-electron chi connectivity index (χ0n) is 11.0. The predicted octanol–water partition coefficient (Wildman–Crippen LogP) is 3.29. The minimum Gasteiger partial charge on any atom is -0.358 e. The first-order valence-corrected chi connectivity index (χ1v) is 7.37. The van der Waals surface area contributed by atoms with Gasteiger partial charge in [-0.3, -0.25) is 4.79 Å². The maximum atomic E-state index is 11.3. The van der Waals surface area contributed by atoms with Crippen molar-refractivity contribution in [3.05, 3.63) is 41.8 Å². The molecule has 0 atom stereocenters. The van der Waals surface area contributed by atoms with Crippen LogP contribution in [0.3, 0.4) is 0 Å². The quantitative estimate of drug-likeness (QED) is 0.848. The second-order valence-electron chi connectivity index (χ2n) is 4.63. The molecule has 0 spiro atoms. The van der Waals surface area contributed by atoms with Crippen LogP contribution in [0.15, 0.2) is 36.2 Å². The summed E-state index contributed by atoms with van der Waals surface area (Å²) in [5, 5.41) is 9.01. The molecule has 3 rings (SSSR count). The molecule has 0 fully saturated rings. The van der Waals surface area contributed by atoms with Gasteiger partial charge in [0.25, 0.3) is 0 Å². The Morgan fingerprint density at radius 3 is 3.20 bits per heavy atom. The third-order valence-electron chi connectivity index (χ3n) is 3.20. The Bertz CT molecular complexity index is 663. The maximum absolute atomic E-state index is 11.3. The lowest BCUT2D eigenvalue weighted by molar-refractivity contribution is -0.116. The van der Waals surface area contributed by atoms with Crippen LogP contribution in [0.1, 0.15) is 12.0 Å². The molecule has 1 aromatic carbocycles. The summed E-state index contributed by atoms with van der Waals surface area (Å²) in [4.78, 5) is 15.9. The highest BCUT2D eigenvalue weighted by molar-refractivity contribution is 7.14. The van der Waals surface area contributed by atoms with Crippen molar-refractivity contribution in [1.29, 1.82) is 0 Å². The van der Waals surface area contributed by atoms with Crippen LogP contribution in [0.5, 0.6) is 0 Å². The van der Waals surface area contributed by atoms with Gasteiger partial charge in [-0.05, 0) is 24.1 Å². The Morgan fingerprint density at radius 2 is 2.35 bits per heavy atom. The lowest BCUT2D eigenvalue weighted by Gasteiger charge is -2.17. The Morgan fingerprint density at radius 1 is 1.45 bits per heavy atom. The number of aromatic nitrogens is 1. The fraction of sp³-hybridized carbons (Fsp3) is 0.200. The van der Waals surface area contributed by atoms with Crippen molar-refractivity contribution in [2.75, 3.05) is 17.2 Å². The van der Waals surface area contributed by atoms with Crippen LogP contribution in [0.4, 0.5) is 10.8 Å². The van der Waals surface area contributed by atoms with Gasteiger partial charge in [0.05, 0.1) is 5.69 Å². The first-order valence-electron chi connectivity index (χ1n) is 6.50. The standard InChI is InChI=1S/C15H15N3OS/c1-2-7-16-15-18-13(9-20-15)11-3-5-12-10(8-11)4-6-14(19)17-12/h2-3,5,8-9H,1,4,6-7H2,(H,16,18)(H,17,19). The van der Waals surface area contributed by atoms with E-state index in [0.29, 0.717) is 13.0 Å². The van der Waals surface area contributed by atoms with E-state index in [4.69, 9.17) is 0 Å². The van der Waals surface area contributed by atoms with Crippen molar-refractivity contribution >= 4 is 28.1 Å². The molecule has 0 radical (unpaired) electrons. The van der Waals surface area contributed by atoms with Crippen LogP contribution in [-0.2, 0) is 11.2 Å². The monoisotopic (exact) mass is 285 g/mol. The van der Waals surface area contributed by atoms with Crippen molar-refractivity contribution in [2.24, 2.45) is 0 Å². The Hall–Kier alpha value is -2.14. The molecule has 0 bridgehead atoms. The topological polar surface area (TPSA) is 54.0 Å². The Labute approximate surface area is 121 Å². The molecule has 2 aromatic rings. The number of fused-ring (bicyclic) bond motifs is 1. The molecule has 1 amide bonds. The van der Waals surface area contributed by atoms with Gasteiger partial charge in [-0.25, -0.2) is 4.98 Å². The molecule has 5 heteroatoms. The number of anilines is 2. The van der Waals surface area contributed by atoms with Gasteiger partial charge in [-0.2, -0.15) is 0 Å². The molecular weight excluding hydrogens is 270 g/mol. The van der Waals surface area contributed by atoms with Crippen LogP contribution in [0.2, 0.25) is 0 Å². The second kappa shape index (κ2) is 5.46. The minimum absolute atomic E-state index is 0.0924. The van der Waals surface area contributed by atoms with Crippen LogP contribution in [0, 0.1) is 0 Å². The third-order valence-corrected chi connectivity index (χ3v) is 4.00. The normalized spacial score (nSPS) is 13.5. The minimum atomic E-state index is 0.0924. The van der Waals surface area contributed by atoms with Gasteiger partial charge in [0.1, 0.15) is 0 Å². The number of thiazole rings is 1. The molecule has 2 heterocycles. The Balaban J connectivity index is 1.85. The van der Waals surface area contributed by atoms with Crippen molar-refractivity contribution in [3.8, 4) is 11.3 Å². The molecule has 102 valence electrons. The van der Waals surface area contributed by atoms with Gasteiger partial charge >= 0.3 is 0 Å². The Kier molecular flexibility index (Phi) is 3.52. The molecule has 0 unspecified atom stereocenters. The first-order chi connectivity index (χ1) is 9.76. The van der Waals surface area contributed by atoms with E-state index in [1.807, 2.05) is 23.6 Å². The van der Waals surface area contributed by atoms with Crippen molar-refractivity contribution in [1.82, 2.24) is 4.98 Å². The average molecular weight is 285 g/mol. The van der Waals surface area contributed by atoms with Gasteiger partial charge in [-0.1, -0.05) is 12.1 Å². The molecule has 2 N–H and O–H groups in total. The van der Waals surface area contributed by atoms with E-state index in [1.165, 1.54) is 5.56 Å². The number of amides is 1. The summed E-state index contributed by atoms with van der Waals surface area (Å²) in [6.07, 6.45) is 3.16. The number of hydrogen-bond acceptors (Lipinski definition) is 4. The lowest BCUT2D eigenvalue weighted by Crippen LogP contribution is -2.18. The summed E-state index contributed by atoms with van der Waals surface area (Å²) in [7, 11) is 0. The van der Waals surface area contributed by atoms with E-state index >= 15 is 0 Å². The van der Waals surface area contributed by atoms with Gasteiger partial charge in [0.15, 0.2) is 5.13 Å². The highest BCUT2D eigenvalue weighted by Crippen LogP contribution is 2.30. The summed E-state index contributed by atoms with van der Waals surface area (Å²) in [6.45, 7) is 4.39. The zero-order valence-corrected chi connectivity index (χ0v) is 11.8. The second-order valence-corrected chi connectivity index (χ2v) is 5.49. The number of nitrogens with zero attached hydrogens (tertiary/aromatic N) is 1. The SMILES string of the molecule is C=CCNc1nc(-c2ccc3c(c2)CCC(=O)N3)cs1. The molecule has 0 saturated heterocycles. The fourth-order valence-corrected chi connectivity index (χ4v) is 2.92. The number of aryl methyl sites for hydroxylation is 1. The van der Waals surface area contributed by atoms with E-state index in [-0.39, 0.29) is 5.91 Å². The van der Waals surface area contributed by atoms with E-state index in [9.17, 15) is 4.79 Å². The molecular formula is C15H15N3OS. The van der Waals surface area contributed by atoms with E-state index < -0.39 is 0 Å². The van der Waals surface area contributed by atoms with Crippen molar-refractivity contribution < 1.29 is 4.79 Å². The lowest BCUT2D eigenvalue weighted by atomic mass is 9.99. The summed E-state index contributed by atoms with van der Waals surface area (Å²) in [6, 6.07) is 6.07. The van der Waals surface area contributed by atoms with Gasteiger partial charge in [0.2, 0.25) is 5.91 Å². The molecule has 1 aromatic heterocycles. The first kappa shape index (κ1) is 12.9. The summed E-state index contributed by atoms with van der Waals surface area (Å²) in [5.74, 6) is 0.0924. The molecule has 1 aliphatic rings. The summed E-state index contributed by atoms with van der Waals surface area (Å²) < 4.78 is 0. The van der Waals surface area contributed by atoms with Crippen molar-refractivity contribution in [2.45, 2.75) is 12.8 Å². The predicted molar refractivity (Wildman–Crippen MR) is 83.2 cm³/mol. The molecule has 0 aliphatic carbocycles. The highest BCUT2D eigenvalue weighted by atomic mass is 32.1. The zero-order chi connectivity index (χ0) is 13.9. The number of benzene rings is 1. The molecule has 20 heavy (non-hydrogen) atoms. The van der Waals surface area contributed by atoms with Crippen molar-refractivity contribution in [3.63, 3.8) is 0 Å². The smallest absolute Gasteiger partial charge is 0.224 e. The number of hydrogen-bond donors (Lipinski definition) is 2. The summed E-state index contributed by atoms with van der Waals surface area (Å²) in [5.41, 5.74) is 4.14. The van der Waals surface area contributed by atoms with E-state index in [0.717, 1.165) is 28.5 Å². The van der Waals surface area contributed by atoms with Gasteiger partial charge in [-0.15, -0.1) is 17.9 Å². The number of nitrogens with one attached hydrogen (secondary N) is 2. The van der Waals surface area contributed by atoms with E-state index in [2.05, 4.69) is 28.3 Å².